The van der Waals surface area contributed by atoms with Gasteiger partial charge >= 0.3 is 0 Å². The maximum absolute atomic E-state index is 13.4. The average molecular weight is 444 g/mol. The fourth-order valence-corrected chi connectivity index (χ4v) is 4.25. The lowest BCUT2D eigenvalue weighted by Crippen LogP contribution is -2.14. The number of benzene rings is 2. The lowest BCUT2D eigenvalue weighted by Gasteiger charge is -2.07. The summed E-state index contributed by atoms with van der Waals surface area (Å²) in [5.41, 5.74) is 1.81. The molecule has 0 radical (unpaired) electrons. The van der Waals surface area contributed by atoms with Crippen LogP contribution in [0.15, 0.2) is 59.1 Å². The van der Waals surface area contributed by atoms with Crippen LogP contribution in [0, 0.1) is 18.6 Å². The number of hydrogen-bond acceptors (Lipinski definition) is 6. The minimum atomic E-state index is -0.944. The molecule has 0 aliphatic carbocycles. The van der Waals surface area contributed by atoms with Crippen LogP contribution < -0.4 is 5.32 Å². The number of anilines is 1. The Balaban J connectivity index is 1.41. The van der Waals surface area contributed by atoms with E-state index in [2.05, 4.69) is 20.5 Å². The molecule has 1 amide bonds. The van der Waals surface area contributed by atoms with Gasteiger partial charge in [0.1, 0.15) is 5.82 Å². The molecule has 4 rings (SSSR count). The number of para-hydroxylation sites is 1. The lowest BCUT2D eigenvalue weighted by molar-refractivity contribution is -0.113. The van der Waals surface area contributed by atoms with Gasteiger partial charge in [-0.2, -0.15) is 0 Å². The van der Waals surface area contributed by atoms with E-state index in [0.717, 1.165) is 23.6 Å². The third kappa shape index (κ3) is 4.39. The van der Waals surface area contributed by atoms with Crippen molar-refractivity contribution in [2.24, 2.45) is 0 Å². The molecular weight excluding hydrogens is 428 g/mol. The van der Waals surface area contributed by atoms with E-state index >= 15 is 0 Å². The molecule has 30 heavy (non-hydrogen) atoms. The number of aromatic nitrogens is 4. The number of nitrogens with zero attached hydrogens (tertiary/aromatic N) is 4. The van der Waals surface area contributed by atoms with E-state index in [0.29, 0.717) is 21.5 Å². The van der Waals surface area contributed by atoms with Crippen molar-refractivity contribution in [1.82, 2.24) is 19.7 Å². The average Bonchev–Trinajstić information content (AvgIpc) is 3.35. The van der Waals surface area contributed by atoms with E-state index < -0.39 is 11.6 Å². The second kappa shape index (κ2) is 8.72. The number of carbonyl (C=O) groups is 1. The molecule has 0 unspecified atom stereocenters. The summed E-state index contributed by atoms with van der Waals surface area (Å²) in [6.07, 6.45) is 0. The fourth-order valence-electron chi connectivity index (χ4n) is 2.72. The van der Waals surface area contributed by atoms with Crippen LogP contribution >= 0.6 is 23.1 Å². The van der Waals surface area contributed by atoms with Gasteiger partial charge in [-0.05, 0) is 37.3 Å². The molecule has 6 nitrogen and oxygen atoms in total. The van der Waals surface area contributed by atoms with Gasteiger partial charge in [0.15, 0.2) is 21.9 Å². The van der Waals surface area contributed by atoms with Gasteiger partial charge in [-0.1, -0.05) is 30.0 Å². The molecule has 0 saturated heterocycles. The second-order valence-electron chi connectivity index (χ2n) is 6.20. The molecule has 0 aliphatic heterocycles. The lowest BCUT2D eigenvalue weighted by atomic mass is 10.2. The molecule has 2 aromatic carbocycles. The van der Waals surface area contributed by atoms with E-state index in [1.165, 1.54) is 29.2 Å². The van der Waals surface area contributed by atoms with Gasteiger partial charge < -0.3 is 5.32 Å². The fraction of sp³-hybridized carbons (Fsp3) is 0.100. The van der Waals surface area contributed by atoms with Crippen molar-refractivity contribution in [3.8, 4) is 16.9 Å². The summed E-state index contributed by atoms with van der Waals surface area (Å²) >= 11 is 2.47. The zero-order valence-electron chi connectivity index (χ0n) is 15.7. The number of rotatable bonds is 6. The van der Waals surface area contributed by atoms with E-state index in [9.17, 15) is 13.6 Å². The van der Waals surface area contributed by atoms with Crippen LogP contribution in [0.25, 0.3) is 16.9 Å². The molecule has 1 N–H and O–H groups in total. The zero-order valence-corrected chi connectivity index (χ0v) is 17.3. The van der Waals surface area contributed by atoms with Crippen molar-refractivity contribution >= 4 is 34.1 Å². The van der Waals surface area contributed by atoms with Gasteiger partial charge in [-0.3, -0.25) is 9.36 Å². The van der Waals surface area contributed by atoms with Crippen LogP contribution in [0.2, 0.25) is 0 Å². The second-order valence-corrected chi connectivity index (χ2v) is 8.00. The zero-order chi connectivity index (χ0) is 21.1. The number of thiazole rings is 1. The summed E-state index contributed by atoms with van der Waals surface area (Å²) in [5, 5.41) is 13.6. The molecule has 2 aromatic heterocycles. The predicted molar refractivity (Wildman–Crippen MR) is 113 cm³/mol. The summed E-state index contributed by atoms with van der Waals surface area (Å²) < 4.78 is 28.4. The van der Waals surface area contributed by atoms with Gasteiger partial charge in [0.25, 0.3) is 0 Å². The standard InChI is InChI=1S/C20H15F2N5OS2/c1-12-25-26-20(27(12)14-5-3-2-4-6-14)30-11-18(28)24-19-23-17(10-29-19)13-7-8-15(21)16(22)9-13/h2-10H,11H2,1H3,(H,23,24,28). The van der Waals surface area contributed by atoms with Gasteiger partial charge in [-0.25, -0.2) is 13.8 Å². The number of halogens is 2. The Morgan fingerprint density at radius 3 is 2.70 bits per heavy atom. The predicted octanol–water partition coefficient (Wildman–Crippen LogP) is 4.71. The molecule has 0 spiro atoms. The molecule has 0 saturated carbocycles. The highest BCUT2D eigenvalue weighted by Crippen LogP contribution is 2.27. The van der Waals surface area contributed by atoms with Gasteiger partial charge in [-0.15, -0.1) is 21.5 Å². The molecule has 0 bridgehead atoms. The Hall–Kier alpha value is -3.11. The van der Waals surface area contributed by atoms with Crippen LogP contribution in [0.4, 0.5) is 13.9 Å². The minimum Gasteiger partial charge on any atom is -0.301 e. The summed E-state index contributed by atoms with van der Waals surface area (Å²) in [5.74, 6) is -1.28. The van der Waals surface area contributed by atoms with E-state index in [1.807, 2.05) is 41.8 Å². The van der Waals surface area contributed by atoms with Crippen LogP contribution in [-0.2, 0) is 4.79 Å². The highest BCUT2D eigenvalue weighted by molar-refractivity contribution is 7.99. The Labute approximate surface area is 179 Å². The molecule has 10 heteroatoms. The monoisotopic (exact) mass is 443 g/mol. The highest BCUT2D eigenvalue weighted by atomic mass is 32.2. The van der Waals surface area contributed by atoms with Crippen LogP contribution in [0.1, 0.15) is 5.82 Å². The number of hydrogen-bond donors (Lipinski definition) is 1. The molecule has 0 aliphatic rings. The number of aryl methyl sites for hydroxylation is 1. The molecular formula is C20H15F2N5OS2. The summed E-state index contributed by atoms with van der Waals surface area (Å²) in [7, 11) is 0. The SMILES string of the molecule is Cc1nnc(SCC(=O)Nc2nc(-c3ccc(F)c(F)c3)cs2)n1-c1ccccc1. The van der Waals surface area contributed by atoms with Crippen molar-refractivity contribution in [2.45, 2.75) is 12.1 Å². The van der Waals surface area contributed by atoms with Crippen molar-refractivity contribution in [2.75, 3.05) is 11.1 Å². The molecule has 0 fully saturated rings. The van der Waals surface area contributed by atoms with Crippen molar-refractivity contribution in [1.29, 1.82) is 0 Å². The summed E-state index contributed by atoms with van der Waals surface area (Å²) in [4.78, 5) is 16.6. The largest absolute Gasteiger partial charge is 0.301 e. The van der Waals surface area contributed by atoms with Gasteiger partial charge in [0, 0.05) is 16.6 Å². The normalized spacial score (nSPS) is 10.9. The quantitative estimate of drug-likeness (QED) is 0.437. The number of amides is 1. The Kier molecular flexibility index (Phi) is 5.86. The first kappa shape index (κ1) is 20.2. The molecule has 152 valence electrons. The van der Waals surface area contributed by atoms with Crippen LogP contribution in [0.5, 0.6) is 0 Å². The molecule has 0 atom stereocenters. The number of carbonyl (C=O) groups excluding carboxylic acids is 1. The smallest absolute Gasteiger partial charge is 0.236 e. The molecule has 2 heterocycles. The summed E-state index contributed by atoms with van der Waals surface area (Å²) in [6.45, 7) is 1.85. The van der Waals surface area contributed by atoms with Gasteiger partial charge in [0.2, 0.25) is 5.91 Å². The van der Waals surface area contributed by atoms with Crippen molar-refractivity contribution in [3.05, 3.63) is 71.4 Å². The third-order valence-electron chi connectivity index (χ3n) is 4.11. The Morgan fingerprint density at radius 2 is 1.93 bits per heavy atom. The third-order valence-corrected chi connectivity index (χ3v) is 5.79. The maximum atomic E-state index is 13.4. The Morgan fingerprint density at radius 1 is 1.13 bits per heavy atom. The first-order valence-corrected chi connectivity index (χ1v) is 10.7. The number of thioether (sulfide) groups is 1. The van der Waals surface area contributed by atoms with Crippen molar-refractivity contribution in [3.63, 3.8) is 0 Å². The molecule has 4 aromatic rings. The topological polar surface area (TPSA) is 72.7 Å². The van der Waals surface area contributed by atoms with Crippen molar-refractivity contribution < 1.29 is 13.6 Å². The summed E-state index contributed by atoms with van der Waals surface area (Å²) in [6, 6.07) is 13.2. The maximum Gasteiger partial charge on any atom is 0.236 e. The van der Waals surface area contributed by atoms with E-state index in [4.69, 9.17) is 0 Å². The number of nitrogens with one attached hydrogen (secondary N) is 1. The van der Waals surface area contributed by atoms with Crippen LogP contribution in [0.3, 0.4) is 0 Å². The minimum absolute atomic E-state index is 0.116. The van der Waals surface area contributed by atoms with Crippen LogP contribution in [-0.4, -0.2) is 31.4 Å². The Bertz CT molecular complexity index is 1190. The van der Waals surface area contributed by atoms with E-state index in [1.54, 1.807) is 5.38 Å². The van der Waals surface area contributed by atoms with E-state index in [-0.39, 0.29) is 11.7 Å². The highest BCUT2D eigenvalue weighted by Gasteiger charge is 2.15. The van der Waals surface area contributed by atoms with Gasteiger partial charge in [0.05, 0.1) is 11.4 Å². The first-order valence-electron chi connectivity index (χ1n) is 8.82. The first-order chi connectivity index (χ1) is 14.5.